The van der Waals surface area contributed by atoms with E-state index in [9.17, 15) is 4.79 Å². The molecule has 0 fully saturated rings. The van der Waals surface area contributed by atoms with Crippen LogP contribution < -0.4 is 15.1 Å². The Balaban J connectivity index is 1.92. The van der Waals surface area contributed by atoms with Crippen LogP contribution in [0.2, 0.25) is 0 Å². The monoisotopic (exact) mass is 355 g/mol. The molecule has 1 N–H and O–H groups in total. The van der Waals surface area contributed by atoms with Crippen LogP contribution in [-0.4, -0.2) is 49.7 Å². The van der Waals surface area contributed by atoms with Crippen molar-refractivity contribution in [1.82, 2.24) is 9.97 Å². The molecule has 1 amide bonds. The second kappa shape index (κ2) is 8.14. The summed E-state index contributed by atoms with van der Waals surface area (Å²) in [4.78, 5) is 25.3. The lowest BCUT2D eigenvalue weighted by atomic mass is 10.2. The second-order valence-corrected chi connectivity index (χ2v) is 6.47. The lowest BCUT2D eigenvalue weighted by Gasteiger charge is -2.22. The molecule has 3 rings (SSSR count). The van der Waals surface area contributed by atoms with Gasteiger partial charge in [0.05, 0.1) is 18.7 Å². The summed E-state index contributed by atoms with van der Waals surface area (Å²) < 4.78 is 5.10. The van der Waals surface area contributed by atoms with Crippen LogP contribution in [0.4, 0.5) is 17.3 Å². The molecule has 26 heavy (non-hydrogen) atoms. The molecule has 138 valence electrons. The maximum Gasteiger partial charge on any atom is 0.246 e. The number of methoxy groups -OCH3 is 1. The summed E-state index contributed by atoms with van der Waals surface area (Å²) in [7, 11) is 3.58. The Morgan fingerprint density at radius 2 is 2.12 bits per heavy atom. The molecular formula is C19H25N5O2. The van der Waals surface area contributed by atoms with Gasteiger partial charge < -0.3 is 19.9 Å². The van der Waals surface area contributed by atoms with Gasteiger partial charge in [-0.05, 0) is 31.0 Å². The summed E-state index contributed by atoms with van der Waals surface area (Å²) in [6.07, 6.45) is 2.42. The molecular weight excluding hydrogens is 330 g/mol. The summed E-state index contributed by atoms with van der Waals surface area (Å²) in [5.74, 6) is 1.60. The first-order valence-electron chi connectivity index (χ1n) is 8.75. The third-order valence-corrected chi connectivity index (χ3v) is 4.40. The number of carbonyl (C=O) groups excluding carboxylic acids is 1. The van der Waals surface area contributed by atoms with E-state index < -0.39 is 0 Å². The number of nitrogens with one attached hydrogen (secondary N) is 1. The number of aromatic nitrogens is 2. The van der Waals surface area contributed by atoms with Crippen molar-refractivity contribution in [2.75, 3.05) is 49.0 Å². The van der Waals surface area contributed by atoms with E-state index in [0.29, 0.717) is 13.2 Å². The Kier molecular flexibility index (Phi) is 5.68. The van der Waals surface area contributed by atoms with E-state index >= 15 is 0 Å². The molecule has 0 saturated heterocycles. The van der Waals surface area contributed by atoms with Crippen molar-refractivity contribution in [2.24, 2.45) is 0 Å². The molecule has 0 bridgehead atoms. The van der Waals surface area contributed by atoms with Crippen molar-refractivity contribution in [1.29, 1.82) is 0 Å². The molecule has 0 atom stereocenters. The molecule has 1 aromatic carbocycles. The van der Waals surface area contributed by atoms with Gasteiger partial charge in [-0.1, -0.05) is 12.1 Å². The van der Waals surface area contributed by atoms with Crippen LogP contribution in [0.15, 0.2) is 30.6 Å². The van der Waals surface area contributed by atoms with Gasteiger partial charge in [0, 0.05) is 33.0 Å². The van der Waals surface area contributed by atoms with E-state index in [1.807, 2.05) is 43.1 Å². The lowest BCUT2D eigenvalue weighted by molar-refractivity contribution is -0.117. The molecule has 0 saturated carbocycles. The van der Waals surface area contributed by atoms with Crippen molar-refractivity contribution >= 4 is 23.2 Å². The minimum absolute atomic E-state index is 0.0430. The number of ether oxygens (including phenoxy) is 1. The zero-order valence-corrected chi connectivity index (χ0v) is 15.5. The SMILES string of the molecule is COCCCNc1ncnc2c1CN(c1cccc(C)c1)C(=O)CN2C. The fourth-order valence-corrected chi connectivity index (χ4v) is 3.09. The number of amides is 1. The number of rotatable bonds is 6. The lowest BCUT2D eigenvalue weighted by Crippen LogP contribution is -2.35. The Morgan fingerprint density at radius 3 is 2.88 bits per heavy atom. The van der Waals surface area contributed by atoms with E-state index in [1.54, 1.807) is 18.3 Å². The van der Waals surface area contributed by atoms with Gasteiger partial charge in [-0.15, -0.1) is 0 Å². The van der Waals surface area contributed by atoms with Crippen molar-refractivity contribution in [3.63, 3.8) is 0 Å². The van der Waals surface area contributed by atoms with Crippen molar-refractivity contribution in [3.8, 4) is 0 Å². The number of carbonyl (C=O) groups is 1. The van der Waals surface area contributed by atoms with E-state index in [4.69, 9.17) is 4.74 Å². The van der Waals surface area contributed by atoms with Crippen LogP contribution in [0.25, 0.3) is 0 Å². The zero-order valence-electron chi connectivity index (χ0n) is 15.5. The van der Waals surface area contributed by atoms with Crippen molar-refractivity contribution < 1.29 is 9.53 Å². The van der Waals surface area contributed by atoms with E-state index in [0.717, 1.165) is 41.4 Å². The van der Waals surface area contributed by atoms with Crippen molar-refractivity contribution in [2.45, 2.75) is 19.9 Å². The predicted molar refractivity (Wildman–Crippen MR) is 103 cm³/mol. The quantitative estimate of drug-likeness (QED) is 0.801. The second-order valence-electron chi connectivity index (χ2n) is 6.47. The Labute approximate surface area is 154 Å². The summed E-state index contributed by atoms with van der Waals surface area (Å²) >= 11 is 0. The van der Waals surface area contributed by atoms with Gasteiger partial charge in [-0.25, -0.2) is 9.97 Å². The van der Waals surface area contributed by atoms with Gasteiger partial charge in [0.2, 0.25) is 5.91 Å². The maximum atomic E-state index is 12.8. The van der Waals surface area contributed by atoms with Crippen molar-refractivity contribution in [3.05, 3.63) is 41.7 Å². The smallest absolute Gasteiger partial charge is 0.246 e. The molecule has 0 unspecified atom stereocenters. The van der Waals surface area contributed by atoms with Gasteiger partial charge in [0.1, 0.15) is 18.0 Å². The van der Waals surface area contributed by atoms with Crippen LogP contribution in [0.3, 0.4) is 0 Å². The van der Waals surface area contributed by atoms with Gasteiger partial charge >= 0.3 is 0 Å². The molecule has 7 nitrogen and oxygen atoms in total. The molecule has 0 spiro atoms. The Bertz CT molecular complexity index is 780. The highest BCUT2D eigenvalue weighted by Crippen LogP contribution is 2.30. The molecule has 1 aliphatic heterocycles. The summed E-state index contributed by atoms with van der Waals surface area (Å²) in [6, 6.07) is 7.99. The number of anilines is 3. The van der Waals surface area contributed by atoms with Crippen LogP contribution in [0.5, 0.6) is 0 Å². The highest BCUT2D eigenvalue weighted by molar-refractivity contribution is 5.97. The predicted octanol–water partition coefficient (Wildman–Crippen LogP) is 2.22. The van der Waals surface area contributed by atoms with Gasteiger partial charge in [0.25, 0.3) is 0 Å². The highest BCUT2D eigenvalue weighted by Gasteiger charge is 2.28. The third kappa shape index (κ3) is 3.94. The van der Waals surface area contributed by atoms with E-state index in [2.05, 4.69) is 15.3 Å². The van der Waals surface area contributed by atoms with Crippen LogP contribution in [-0.2, 0) is 16.1 Å². The zero-order chi connectivity index (χ0) is 18.5. The fraction of sp³-hybridized carbons (Fsp3) is 0.421. The Hall–Kier alpha value is -2.67. The largest absolute Gasteiger partial charge is 0.385 e. The van der Waals surface area contributed by atoms with Crippen LogP contribution in [0.1, 0.15) is 17.5 Å². The summed E-state index contributed by atoms with van der Waals surface area (Å²) in [5, 5.41) is 3.36. The minimum Gasteiger partial charge on any atom is -0.385 e. The highest BCUT2D eigenvalue weighted by atomic mass is 16.5. The average Bonchev–Trinajstić information content (AvgIpc) is 2.75. The number of benzene rings is 1. The number of aryl methyl sites for hydroxylation is 1. The van der Waals surface area contributed by atoms with Gasteiger partial charge in [-0.3, -0.25) is 4.79 Å². The van der Waals surface area contributed by atoms with E-state index in [-0.39, 0.29) is 12.5 Å². The number of likely N-dealkylation sites (N-methyl/N-ethyl adjacent to an activating group) is 1. The average molecular weight is 355 g/mol. The van der Waals surface area contributed by atoms with Gasteiger partial charge in [0.15, 0.2) is 0 Å². The number of hydrogen-bond donors (Lipinski definition) is 1. The molecule has 1 aliphatic rings. The Morgan fingerprint density at radius 1 is 1.27 bits per heavy atom. The van der Waals surface area contributed by atoms with Crippen LogP contribution >= 0.6 is 0 Å². The van der Waals surface area contributed by atoms with E-state index in [1.165, 1.54) is 0 Å². The molecule has 0 aliphatic carbocycles. The molecule has 2 heterocycles. The number of fused-ring (bicyclic) bond motifs is 1. The maximum absolute atomic E-state index is 12.8. The summed E-state index contributed by atoms with van der Waals surface area (Å²) in [6.45, 7) is 4.18. The minimum atomic E-state index is 0.0430. The normalized spacial score (nSPS) is 14.2. The molecule has 2 aromatic rings. The number of nitrogens with zero attached hydrogens (tertiary/aromatic N) is 4. The topological polar surface area (TPSA) is 70.6 Å². The van der Waals surface area contributed by atoms with Gasteiger partial charge in [-0.2, -0.15) is 0 Å². The number of hydrogen-bond acceptors (Lipinski definition) is 6. The molecule has 0 radical (unpaired) electrons. The first-order valence-corrected chi connectivity index (χ1v) is 8.75. The summed E-state index contributed by atoms with van der Waals surface area (Å²) in [5.41, 5.74) is 2.94. The standard InChI is InChI=1S/C19H25N5O2/c1-14-6-4-7-15(10-14)24-11-16-18(20-8-5-9-26-3)21-13-22-19(16)23(2)12-17(24)25/h4,6-7,10,13H,5,8-9,11-12H2,1-3H3,(H,20,21,22). The molecule has 1 aromatic heterocycles. The first kappa shape index (κ1) is 18.1. The third-order valence-electron chi connectivity index (χ3n) is 4.40. The molecule has 7 heteroatoms. The first-order chi connectivity index (χ1) is 12.6. The fourth-order valence-electron chi connectivity index (χ4n) is 3.09. The van der Waals surface area contributed by atoms with Crippen LogP contribution in [0, 0.1) is 6.92 Å².